The molecule has 30 heavy (non-hydrogen) atoms. The molecule has 3 aliphatic heterocycles. The van der Waals surface area contributed by atoms with E-state index in [0.717, 1.165) is 19.3 Å². The molecule has 1 spiro atoms. The van der Waals surface area contributed by atoms with Crippen LogP contribution in [0.3, 0.4) is 0 Å². The molecule has 0 aromatic heterocycles. The van der Waals surface area contributed by atoms with Gasteiger partial charge < -0.3 is 14.2 Å². The molecule has 0 radical (unpaired) electrons. The third-order valence-electron chi connectivity index (χ3n) is 6.15. The standard InChI is InChI=1S/C22H26N2O6/c1-21(2,3)30-16(25)11-28-13-6-4-5-12-17(13)20(27)24(19(12)26)15-8-7-14-18(29-14)23-22(15)9-10-22/h4-6,14-15,18,23H,7-11H2,1-3H3. The zero-order valence-electron chi connectivity index (χ0n) is 17.4. The van der Waals surface area contributed by atoms with Gasteiger partial charge in [0.25, 0.3) is 11.8 Å². The number of nitrogens with one attached hydrogen (secondary N) is 1. The number of epoxide rings is 1. The number of imide groups is 1. The fourth-order valence-corrected chi connectivity index (χ4v) is 4.64. The molecule has 1 aromatic rings. The highest BCUT2D eigenvalue weighted by atomic mass is 16.6. The molecule has 1 aromatic carbocycles. The third kappa shape index (κ3) is 3.28. The molecule has 1 saturated carbocycles. The molecule has 5 rings (SSSR count). The first-order chi connectivity index (χ1) is 14.2. The lowest BCUT2D eigenvalue weighted by molar-refractivity contribution is -0.157. The van der Waals surface area contributed by atoms with Gasteiger partial charge in [0.15, 0.2) is 6.61 Å². The molecule has 8 heteroatoms. The summed E-state index contributed by atoms with van der Waals surface area (Å²) in [6.07, 6.45) is 3.59. The summed E-state index contributed by atoms with van der Waals surface area (Å²) in [5.74, 6) is -0.952. The van der Waals surface area contributed by atoms with E-state index in [9.17, 15) is 14.4 Å². The summed E-state index contributed by atoms with van der Waals surface area (Å²) in [7, 11) is 0. The third-order valence-corrected chi connectivity index (χ3v) is 6.15. The Morgan fingerprint density at radius 2 is 2.00 bits per heavy atom. The fraction of sp³-hybridized carbons (Fsp3) is 0.591. The van der Waals surface area contributed by atoms with Crippen LogP contribution in [0.25, 0.3) is 0 Å². The highest BCUT2D eigenvalue weighted by molar-refractivity contribution is 6.23. The molecule has 0 bridgehead atoms. The minimum absolute atomic E-state index is 0.0420. The summed E-state index contributed by atoms with van der Waals surface area (Å²) in [6, 6.07) is 4.71. The highest BCUT2D eigenvalue weighted by Gasteiger charge is 2.61. The topological polar surface area (TPSA) is 97.5 Å². The number of amides is 2. The van der Waals surface area contributed by atoms with Gasteiger partial charge in [0.1, 0.15) is 17.6 Å². The summed E-state index contributed by atoms with van der Waals surface area (Å²) < 4.78 is 16.5. The van der Waals surface area contributed by atoms with E-state index in [1.807, 2.05) is 0 Å². The molecule has 2 saturated heterocycles. The van der Waals surface area contributed by atoms with Crippen LogP contribution in [0.15, 0.2) is 18.2 Å². The smallest absolute Gasteiger partial charge is 0.344 e. The first-order valence-corrected chi connectivity index (χ1v) is 10.5. The van der Waals surface area contributed by atoms with Crippen LogP contribution in [-0.2, 0) is 14.3 Å². The molecule has 3 unspecified atom stereocenters. The van der Waals surface area contributed by atoms with Crippen molar-refractivity contribution < 1.29 is 28.6 Å². The van der Waals surface area contributed by atoms with Crippen molar-refractivity contribution in [3.63, 3.8) is 0 Å². The van der Waals surface area contributed by atoms with Gasteiger partial charge in [-0.2, -0.15) is 0 Å². The fourth-order valence-electron chi connectivity index (χ4n) is 4.64. The van der Waals surface area contributed by atoms with E-state index in [1.165, 1.54) is 4.90 Å². The van der Waals surface area contributed by atoms with Crippen LogP contribution in [0.2, 0.25) is 0 Å². The number of esters is 1. The number of nitrogens with zero attached hydrogens (tertiary/aromatic N) is 1. The number of hydrogen-bond donors (Lipinski definition) is 1. The van der Waals surface area contributed by atoms with E-state index >= 15 is 0 Å². The molecular formula is C22H26N2O6. The maximum atomic E-state index is 13.4. The average molecular weight is 414 g/mol. The zero-order chi connectivity index (χ0) is 21.3. The van der Waals surface area contributed by atoms with Gasteiger partial charge in [0, 0.05) is 5.54 Å². The van der Waals surface area contributed by atoms with Gasteiger partial charge in [0.2, 0.25) is 0 Å². The molecule has 1 aliphatic carbocycles. The van der Waals surface area contributed by atoms with Crippen molar-refractivity contribution >= 4 is 17.8 Å². The Kier molecular flexibility index (Phi) is 4.24. The van der Waals surface area contributed by atoms with Crippen molar-refractivity contribution in [3.8, 4) is 5.75 Å². The van der Waals surface area contributed by atoms with Crippen LogP contribution in [0.5, 0.6) is 5.75 Å². The van der Waals surface area contributed by atoms with Gasteiger partial charge in [-0.3, -0.25) is 19.8 Å². The van der Waals surface area contributed by atoms with Crippen LogP contribution < -0.4 is 10.1 Å². The molecule has 4 aliphatic rings. The zero-order valence-corrected chi connectivity index (χ0v) is 17.4. The Morgan fingerprint density at radius 3 is 2.70 bits per heavy atom. The van der Waals surface area contributed by atoms with Crippen molar-refractivity contribution in [2.24, 2.45) is 0 Å². The van der Waals surface area contributed by atoms with Crippen LogP contribution in [0, 0.1) is 0 Å². The molecule has 1 N–H and O–H groups in total. The molecule has 2 amide bonds. The van der Waals surface area contributed by atoms with Gasteiger partial charge in [-0.15, -0.1) is 0 Å². The maximum absolute atomic E-state index is 13.4. The van der Waals surface area contributed by atoms with Crippen LogP contribution in [0.1, 0.15) is 67.2 Å². The number of hydrogen-bond acceptors (Lipinski definition) is 7. The second-order valence-corrected chi connectivity index (χ2v) is 9.52. The Hall–Kier alpha value is -2.45. The van der Waals surface area contributed by atoms with Gasteiger partial charge >= 0.3 is 5.97 Å². The van der Waals surface area contributed by atoms with Crippen molar-refractivity contribution in [2.45, 2.75) is 76.0 Å². The monoisotopic (exact) mass is 414 g/mol. The largest absolute Gasteiger partial charge is 0.481 e. The molecule has 160 valence electrons. The van der Waals surface area contributed by atoms with E-state index in [2.05, 4.69) is 5.32 Å². The number of benzene rings is 1. The predicted molar refractivity (Wildman–Crippen MR) is 105 cm³/mol. The van der Waals surface area contributed by atoms with E-state index in [0.29, 0.717) is 12.0 Å². The van der Waals surface area contributed by atoms with Crippen molar-refractivity contribution in [1.82, 2.24) is 10.2 Å². The number of fused-ring (bicyclic) bond motifs is 2. The van der Waals surface area contributed by atoms with E-state index < -0.39 is 11.6 Å². The van der Waals surface area contributed by atoms with E-state index in [4.69, 9.17) is 14.2 Å². The summed E-state index contributed by atoms with van der Waals surface area (Å²) >= 11 is 0. The molecule has 3 fully saturated rings. The summed E-state index contributed by atoms with van der Waals surface area (Å²) in [6.45, 7) is 4.99. The number of rotatable bonds is 4. The molecule has 8 nitrogen and oxygen atoms in total. The lowest BCUT2D eigenvalue weighted by atomic mass is 9.99. The number of carbonyl (C=O) groups excluding carboxylic acids is 3. The predicted octanol–water partition coefficient (Wildman–Crippen LogP) is 2.01. The minimum Gasteiger partial charge on any atom is -0.481 e. The van der Waals surface area contributed by atoms with Crippen molar-refractivity contribution in [2.75, 3.05) is 6.61 Å². The van der Waals surface area contributed by atoms with Gasteiger partial charge in [-0.05, 0) is 58.6 Å². The highest BCUT2D eigenvalue weighted by Crippen LogP contribution is 2.50. The van der Waals surface area contributed by atoms with E-state index in [1.54, 1.807) is 39.0 Å². The number of carbonyl (C=O) groups is 3. The average Bonchev–Trinajstić information content (AvgIpc) is 3.57. The molecular weight excluding hydrogens is 388 g/mol. The van der Waals surface area contributed by atoms with Crippen molar-refractivity contribution in [3.05, 3.63) is 29.3 Å². The van der Waals surface area contributed by atoms with Gasteiger partial charge in [0.05, 0.1) is 23.3 Å². The van der Waals surface area contributed by atoms with Gasteiger partial charge in [-0.25, -0.2) is 4.79 Å². The minimum atomic E-state index is -0.628. The second-order valence-electron chi connectivity index (χ2n) is 9.52. The first-order valence-electron chi connectivity index (χ1n) is 10.5. The molecule has 3 atom stereocenters. The first kappa shape index (κ1) is 19.5. The number of ether oxygens (including phenoxy) is 3. The summed E-state index contributed by atoms with van der Waals surface area (Å²) in [5, 5.41) is 3.51. The van der Waals surface area contributed by atoms with Crippen LogP contribution >= 0.6 is 0 Å². The quantitative estimate of drug-likeness (QED) is 0.457. The van der Waals surface area contributed by atoms with Gasteiger partial charge in [-0.1, -0.05) is 6.07 Å². The molecule has 3 heterocycles. The van der Waals surface area contributed by atoms with Crippen LogP contribution in [-0.4, -0.2) is 58.8 Å². The lowest BCUT2D eigenvalue weighted by Crippen LogP contribution is -2.54. The summed E-state index contributed by atoms with van der Waals surface area (Å²) in [4.78, 5) is 40.0. The summed E-state index contributed by atoms with van der Waals surface area (Å²) in [5.41, 5.74) is -0.325. The SMILES string of the molecule is CC(C)(C)OC(=O)COc1cccc2c1C(=O)N(C1CCC3OC3NC13CC3)C2=O. The normalized spacial score (nSPS) is 28.6. The Balaban J connectivity index is 1.37. The Morgan fingerprint density at radius 1 is 1.23 bits per heavy atom. The van der Waals surface area contributed by atoms with Crippen molar-refractivity contribution in [1.29, 1.82) is 0 Å². The second kappa shape index (κ2) is 6.52. The lowest BCUT2D eigenvalue weighted by Gasteiger charge is -2.33. The van der Waals surface area contributed by atoms with Crippen LogP contribution in [0.4, 0.5) is 0 Å². The Bertz CT molecular complexity index is 932. The Labute approximate surface area is 174 Å². The maximum Gasteiger partial charge on any atom is 0.344 e. The van der Waals surface area contributed by atoms with E-state index in [-0.39, 0.29) is 53.6 Å².